The first-order valence-electron chi connectivity index (χ1n) is 13.7. The van der Waals surface area contributed by atoms with Gasteiger partial charge in [-0.15, -0.1) is 0 Å². The van der Waals surface area contributed by atoms with Gasteiger partial charge in [-0.25, -0.2) is 9.78 Å². The van der Waals surface area contributed by atoms with E-state index in [1.54, 1.807) is 0 Å². The first kappa shape index (κ1) is 23.8. The summed E-state index contributed by atoms with van der Waals surface area (Å²) in [6, 6.07) is 17.0. The van der Waals surface area contributed by atoms with E-state index < -0.39 is 0 Å². The largest absolute Gasteiger partial charge is 0.362 e. The number of fused-ring (bicyclic) bond motifs is 4. The highest BCUT2D eigenvalue weighted by atomic mass is 16.2. The molecular weight excluding hydrogens is 460 g/mol. The molecule has 0 radical (unpaired) electrons. The molecule has 7 heteroatoms. The Balaban J connectivity index is 1.06. The van der Waals surface area contributed by atoms with Gasteiger partial charge >= 0.3 is 6.03 Å². The summed E-state index contributed by atoms with van der Waals surface area (Å²) < 4.78 is 0. The second-order valence-electron chi connectivity index (χ2n) is 10.8. The molecule has 0 bridgehead atoms. The Kier molecular flexibility index (Phi) is 6.45. The van der Waals surface area contributed by atoms with Crippen molar-refractivity contribution in [3.05, 3.63) is 70.9 Å². The van der Waals surface area contributed by atoms with Crippen molar-refractivity contribution in [1.29, 1.82) is 0 Å². The molecule has 2 aromatic carbocycles. The number of carbonyl (C=O) groups is 1. The molecule has 0 unspecified atom stereocenters. The van der Waals surface area contributed by atoms with E-state index in [9.17, 15) is 4.79 Å². The van der Waals surface area contributed by atoms with E-state index in [0.717, 1.165) is 61.4 Å². The summed E-state index contributed by atoms with van der Waals surface area (Å²) in [6.45, 7) is 0. The first-order valence-corrected chi connectivity index (χ1v) is 13.7. The monoisotopic (exact) mass is 496 g/mol. The van der Waals surface area contributed by atoms with Crippen LogP contribution < -0.4 is 20.9 Å². The Morgan fingerprint density at radius 3 is 2.11 bits per heavy atom. The summed E-state index contributed by atoms with van der Waals surface area (Å²) in [5, 5.41) is 10.1. The molecule has 1 saturated carbocycles. The Hall–Kier alpha value is -3.61. The number of rotatable bonds is 5. The topological polar surface area (TPSA) is 82.2 Å². The van der Waals surface area contributed by atoms with E-state index in [-0.39, 0.29) is 18.1 Å². The molecular formula is C30H36N6O. The van der Waals surface area contributed by atoms with Crippen LogP contribution in [-0.2, 0) is 12.8 Å². The standard InChI is InChI=1S/C30H36N6O/c1-36(2)28-25-13-7-8-14-26(25)33-29(35-28)31-19-15-17-20(18-16-19)32-30(37)34-27-23-11-5-3-9-21(23)22-10-4-6-12-24(22)27/h3-6,9-12,19-20,27H,7-8,13-18H2,1-2H3,(H,31,33,35)(H2,32,34,37)/t19-,20+. The third kappa shape index (κ3) is 4.75. The molecule has 3 N–H and O–H groups in total. The Bertz CT molecular complexity index is 1250. The molecule has 0 spiro atoms. The zero-order valence-electron chi connectivity index (χ0n) is 21.8. The van der Waals surface area contributed by atoms with E-state index in [2.05, 4.69) is 71.3 Å². The fourth-order valence-electron chi connectivity index (χ4n) is 6.24. The van der Waals surface area contributed by atoms with Crippen molar-refractivity contribution < 1.29 is 4.79 Å². The van der Waals surface area contributed by atoms with Crippen LogP contribution in [0.3, 0.4) is 0 Å². The van der Waals surface area contributed by atoms with Crippen LogP contribution in [0.2, 0.25) is 0 Å². The summed E-state index contributed by atoms with van der Waals surface area (Å²) in [5.41, 5.74) is 7.25. The molecule has 7 nitrogen and oxygen atoms in total. The van der Waals surface area contributed by atoms with Crippen LogP contribution in [0, 0.1) is 0 Å². The molecule has 0 aliphatic heterocycles. The van der Waals surface area contributed by atoms with Crippen LogP contribution in [0.4, 0.5) is 16.6 Å². The maximum Gasteiger partial charge on any atom is 0.315 e. The Morgan fingerprint density at radius 2 is 1.43 bits per heavy atom. The lowest BCUT2D eigenvalue weighted by molar-refractivity contribution is 0.229. The Labute approximate surface area is 219 Å². The van der Waals surface area contributed by atoms with Crippen molar-refractivity contribution in [3.8, 4) is 11.1 Å². The number of hydrogen-bond donors (Lipinski definition) is 3. The molecule has 6 rings (SSSR count). The quantitative estimate of drug-likeness (QED) is 0.452. The third-order valence-electron chi connectivity index (χ3n) is 8.09. The number of nitrogens with zero attached hydrogens (tertiary/aromatic N) is 3. The van der Waals surface area contributed by atoms with Crippen molar-refractivity contribution in [1.82, 2.24) is 20.6 Å². The van der Waals surface area contributed by atoms with Gasteiger partial charge in [0.25, 0.3) is 0 Å². The number of hydrogen-bond acceptors (Lipinski definition) is 5. The smallest absolute Gasteiger partial charge is 0.315 e. The minimum atomic E-state index is -0.113. The number of anilines is 2. The van der Waals surface area contributed by atoms with Crippen molar-refractivity contribution in [2.75, 3.05) is 24.3 Å². The number of urea groups is 1. The van der Waals surface area contributed by atoms with Gasteiger partial charge in [-0.3, -0.25) is 0 Å². The van der Waals surface area contributed by atoms with Gasteiger partial charge in [0.1, 0.15) is 5.82 Å². The van der Waals surface area contributed by atoms with Crippen LogP contribution in [0.25, 0.3) is 11.1 Å². The summed E-state index contributed by atoms with van der Waals surface area (Å²) in [4.78, 5) is 24.9. The van der Waals surface area contributed by atoms with Gasteiger partial charge in [0.05, 0.1) is 11.7 Å². The number of benzene rings is 2. The number of nitrogens with one attached hydrogen (secondary N) is 3. The summed E-state index contributed by atoms with van der Waals surface area (Å²) in [5.74, 6) is 1.80. The van der Waals surface area contributed by atoms with Gasteiger partial charge < -0.3 is 20.9 Å². The van der Waals surface area contributed by atoms with E-state index in [4.69, 9.17) is 9.97 Å². The second kappa shape index (κ2) is 10.0. The SMILES string of the molecule is CN(C)c1nc(N[C@H]2CC[C@@H](NC(=O)NC3c4ccccc4-c4ccccc43)CC2)nc2c1CCCC2. The number of aromatic nitrogens is 2. The highest BCUT2D eigenvalue weighted by molar-refractivity contribution is 5.82. The molecule has 1 aromatic heterocycles. The average Bonchev–Trinajstić information content (AvgIpc) is 3.23. The molecule has 0 atom stereocenters. The van der Waals surface area contributed by atoms with E-state index >= 15 is 0 Å². The highest BCUT2D eigenvalue weighted by Crippen LogP contribution is 2.43. The normalized spacial score (nSPS) is 20.4. The Morgan fingerprint density at radius 1 is 0.811 bits per heavy atom. The van der Waals surface area contributed by atoms with Gasteiger partial charge in [-0.2, -0.15) is 4.98 Å². The zero-order chi connectivity index (χ0) is 25.4. The van der Waals surface area contributed by atoms with Crippen LogP contribution in [0.15, 0.2) is 48.5 Å². The molecule has 0 saturated heterocycles. The third-order valence-corrected chi connectivity index (χ3v) is 8.09. The predicted molar refractivity (Wildman–Crippen MR) is 148 cm³/mol. The second-order valence-corrected chi connectivity index (χ2v) is 10.8. The fourth-order valence-corrected chi connectivity index (χ4v) is 6.24. The molecule has 1 fully saturated rings. The minimum Gasteiger partial charge on any atom is -0.362 e. The lowest BCUT2D eigenvalue weighted by Gasteiger charge is -2.31. The maximum atomic E-state index is 13.0. The van der Waals surface area contributed by atoms with Crippen LogP contribution in [0.1, 0.15) is 67.0 Å². The van der Waals surface area contributed by atoms with E-state index in [1.807, 2.05) is 12.1 Å². The number of amides is 2. The summed E-state index contributed by atoms with van der Waals surface area (Å²) in [6.07, 6.45) is 8.37. The molecule has 192 valence electrons. The summed E-state index contributed by atoms with van der Waals surface area (Å²) in [7, 11) is 4.12. The van der Waals surface area contributed by atoms with Crippen molar-refractivity contribution in [2.45, 2.75) is 69.5 Å². The van der Waals surface area contributed by atoms with Gasteiger partial charge in [0.15, 0.2) is 0 Å². The van der Waals surface area contributed by atoms with Crippen molar-refractivity contribution in [3.63, 3.8) is 0 Å². The molecule has 3 aliphatic carbocycles. The highest BCUT2D eigenvalue weighted by Gasteiger charge is 2.30. The summed E-state index contributed by atoms with van der Waals surface area (Å²) >= 11 is 0. The van der Waals surface area contributed by atoms with Gasteiger partial charge in [0, 0.05) is 31.7 Å². The van der Waals surface area contributed by atoms with Crippen LogP contribution in [0.5, 0.6) is 0 Å². The van der Waals surface area contributed by atoms with E-state index in [0.29, 0.717) is 6.04 Å². The maximum absolute atomic E-state index is 13.0. The van der Waals surface area contributed by atoms with Crippen molar-refractivity contribution >= 4 is 17.8 Å². The predicted octanol–water partition coefficient (Wildman–Crippen LogP) is 5.21. The molecule has 3 aliphatic rings. The van der Waals surface area contributed by atoms with Crippen LogP contribution in [-0.4, -0.2) is 42.2 Å². The number of carbonyl (C=O) groups excluding carboxylic acids is 1. The zero-order valence-corrected chi connectivity index (χ0v) is 21.8. The fraction of sp³-hybridized carbons (Fsp3) is 0.433. The number of aryl methyl sites for hydroxylation is 1. The lowest BCUT2D eigenvalue weighted by atomic mass is 9.91. The molecule has 1 heterocycles. The van der Waals surface area contributed by atoms with Gasteiger partial charge in [-0.1, -0.05) is 48.5 Å². The first-order chi connectivity index (χ1) is 18.1. The molecule has 37 heavy (non-hydrogen) atoms. The van der Waals surface area contributed by atoms with Gasteiger partial charge in [0.2, 0.25) is 5.95 Å². The van der Waals surface area contributed by atoms with Crippen LogP contribution >= 0.6 is 0 Å². The molecule has 2 amide bonds. The minimum absolute atomic E-state index is 0.0958. The van der Waals surface area contributed by atoms with Gasteiger partial charge in [-0.05, 0) is 73.6 Å². The molecule has 3 aromatic rings. The van der Waals surface area contributed by atoms with E-state index in [1.165, 1.54) is 35.2 Å². The average molecular weight is 497 g/mol. The van der Waals surface area contributed by atoms with Crippen molar-refractivity contribution in [2.24, 2.45) is 0 Å². The lowest BCUT2D eigenvalue weighted by Crippen LogP contribution is -2.45.